The second-order valence-electron chi connectivity index (χ2n) is 7.40. The average molecular weight is 367 g/mol. The van der Waals surface area contributed by atoms with Gasteiger partial charge in [0, 0.05) is 26.7 Å². The molecule has 0 unspecified atom stereocenters. The predicted molar refractivity (Wildman–Crippen MR) is 105 cm³/mol. The summed E-state index contributed by atoms with van der Waals surface area (Å²) in [6.45, 7) is 4.35. The maximum Gasteiger partial charge on any atom is 0.123 e. The van der Waals surface area contributed by atoms with Crippen LogP contribution in [0.3, 0.4) is 0 Å². The van der Waals surface area contributed by atoms with E-state index in [4.69, 9.17) is 4.74 Å². The van der Waals surface area contributed by atoms with Crippen LogP contribution in [0.15, 0.2) is 48.8 Å². The number of hydrogen-bond acceptors (Lipinski definition) is 3. The first-order valence-corrected chi connectivity index (χ1v) is 9.64. The van der Waals surface area contributed by atoms with E-state index >= 15 is 0 Å². The van der Waals surface area contributed by atoms with Crippen molar-refractivity contribution in [1.82, 2.24) is 14.5 Å². The number of rotatable bonds is 3. The minimum absolute atomic E-state index is 0.0855. The van der Waals surface area contributed by atoms with Crippen LogP contribution in [-0.4, -0.2) is 40.8 Å². The highest BCUT2D eigenvalue weighted by Crippen LogP contribution is 2.40. The molecule has 27 heavy (non-hydrogen) atoms. The van der Waals surface area contributed by atoms with Crippen LogP contribution in [0.5, 0.6) is 0 Å². The van der Waals surface area contributed by atoms with Crippen LogP contribution in [0.4, 0.5) is 4.39 Å². The fourth-order valence-electron chi connectivity index (χ4n) is 3.52. The largest absolute Gasteiger partial charge is 0.379 e. The summed E-state index contributed by atoms with van der Waals surface area (Å²) in [6.07, 6.45) is 4.27. The Morgan fingerprint density at radius 1 is 1.11 bits per heavy atom. The molecule has 2 fully saturated rings. The van der Waals surface area contributed by atoms with Gasteiger partial charge < -0.3 is 9.30 Å². The van der Waals surface area contributed by atoms with Crippen molar-refractivity contribution in [2.24, 2.45) is 7.05 Å². The lowest BCUT2D eigenvalue weighted by molar-refractivity contribution is 0.0341. The molecule has 2 heterocycles. The van der Waals surface area contributed by atoms with Gasteiger partial charge >= 0.3 is 0 Å². The molecule has 1 saturated heterocycles. The summed E-state index contributed by atoms with van der Waals surface area (Å²) in [5, 5.41) is 0. The molecule has 2 aliphatic rings. The van der Waals surface area contributed by atoms with Gasteiger partial charge in [-0.15, -0.1) is 0 Å². The first-order chi connectivity index (χ1) is 13.2. The number of nitrogens with zero attached hydrogens (tertiary/aromatic N) is 3. The van der Waals surface area contributed by atoms with Crippen LogP contribution >= 0.6 is 0 Å². The third-order valence-corrected chi connectivity index (χ3v) is 5.17. The lowest BCUT2D eigenvalue weighted by Crippen LogP contribution is -2.35. The number of hydrogen-bond donors (Lipinski definition) is 0. The van der Waals surface area contributed by atoms with E-state index in [0.29, 0.717) is 5.92 Å². The number of fused-ring (bicyclic) bond motifs is 1. The summed E-state index contributed by atoms with van der Waals surface area (Å²) in [5.74, 6) is 0.534. The summed E-state index contributed by atoms with van der Waals surface area (Å²) in [6, 6.07) is 13.6. The highest BCUT2D eigenvalue weighted by molar-refractivity contribution is 5.74. The Bertz CT molecular complexity index is 897. The first-order valence-electron chi connectivity index (χ1n) is 9.64. The molecule has 0 atom stereocenters. The Kier molecular flexibility index (Phi) is 5.50. The van der Waals surface area contributed by atoms with Gasteiger partial charge in [0.05, 0.1) is 30.6 Å². The second kappa shape index (κ2) is 8.19. The molecule has 142 valence electrons. The average Bonchev–Trinajstić information content (AvgIpc) is 3.47. The van der Waals surface area contributed by atoms with E-state index in [-0.39, 0.29) is 5.82 Å². The Balaban J connectivity index is 0.000000153. The van der Waals surface area contributed by atoms with Gasteiger partial charge in [-0.25, -0.2) is 9.37 Å². The zero-order chi connectivity index (χ0) is 18.6. The Hall–Kier alpha value is -2.24. The summed E-state index contributed by atoms with van der Waals surface area (Å²) >= 11 is 0. The van der Waals surface area contributed by atoms with Crippen molar-refractivity contribution in [2.45, 2.75) is 25.3 Å². The monoisotopic (exact) mass is 367 g/mol. The second-order valence-corrected chi connectivity index (χ2v) is 7.40. The predicted octanol–water partition coefficient (Wildman–Crippen LogP) is 4.11. The van der Waals surface area contributed by atoms with Gasteiger partial charge in [-0.05, 0) is 54.2 Å². The van der Waals surface area contributed by atoms with E-state index < -0.39 is 0 Å². The van der Waals surface area contributed by atoms with Gasteiger partial charge in [0.2, 0.25) is 0 Å². The van der Waals surface area contributed by atoms with Crippen LogP contribution in [0.2, 0.25) is 0 Å². The molecule has 5 heteroatoms. The van der Waals surface area contributed by atoms with E-state index in [9.17, 15) is 4.39 Å². The zero-order valence-electron chi connectivity index (χ0n) is 15.8. The number of ether oxygens (including phenoxy) is 1. The molecule has 1 saturated carbocycles. The van der Waals surface area contributed by atoms with E-state index in [1.54, 1.807) is 12.1 Å². The van der Waals surface area contributed by atoms with Crippen molar-refractivity contribution >= 4 is 11.0 Å². The molecule has 0 spiro atoms. The van der Waals surface area contributed by atoms with Crippen molar-refractivity contribution in [1.29, 1.82) is 0 Å². The van der Waals surface area contributed by atoms with Crippen LogP contribution in [-0.2, 0) is 18.3 Å². The molecule has 0 N–H and O–H groups in total. The molecule has 2 aromatic carbocycles. The van der Waals surface area contributed by atoms with Gasteiger partial charge in [0.15, 0.2) is 0 Å². The molecule has 4 nitrogen and oxygen atoms in total. The summed E-state index contributed by atoms with van der Waals surface area (Å²) in [7, 11) is 2.00. The molecule has 5 rings (SSSR count). The van der Waals surface area contributed by atoms with Crippen molar-refractivity contribution in [2.75, 3.05) is 26.3 Å². The fourth-order valence-corrected chi connectivity index (χ4v) is 3.52. The molecule has 3 aromatic rings. The maximum atomic E-state index is 13.5. The topological polar surface area (TPSA) is 30.3 Å². The smallest absolute Gasteiger partial charge is 0.123 e. The third-order valence-electron chi connectivity index (χ3n) is 5.17. The van der Waals surface area contributed by atoms with Gasteiger partial charge in [-0.2, -0.15) is 0 Å². The number of para-hydroxylation sites is 2. The van der Waals surface area contributed by atoms with Crippen LogP contribution in [0.1, 0.15) is 29.9 Å². The lowest BCUT2D eigenvalue weighted by atomic mass is 10.1. The minimum Gasteiger partial charge on any atom is -0.379 e. The zero-order valence-corrected chi connectivity index (χ0v) is 15.8. The molecule has 1 aliphatic carbocycles. The van der Waals surface area contributed by atoms with Gasteiger partial charge in [-0.1, -0.05) is 18.2 Å². The molecular weight excluding hydrogens is 341 g/mol. The van der Waals surface area contributed by atoms with E-state index in [1.165, 1.54) is 23.9 Å². The minimum atomic E-state index is -0.0855. The van der Waals surface area contributed by atoms with Crippen LogP contribution in [0, 0.1) is 5.82 Å². The number of imidazole rings is 1. The van der Waals surface area contributed by atoms with Crippen LogP contribution < -0.4 is 0 Å². The Morgan fingerprint density at radius 2 is 1.89 bits per heavy atom. The normalized spacial score (nSPS) is 17.6. The van der Waals surface area contributed by atoms with Crippen LogP contribution in [0.25, 0.3) is 11.0 Å². The SMILES string of the molecule is Cn1cnc2ccccc21.Fc1cc(CN2CCOCC2)cc(C2CC2)c1. The van der Waals surface area contributed by atoms with Gasteiger partial charge in [-0.3, -0.25) is 4.90 Å². The number of aryl methyl sites for hydroxylation is 1. The van der Waals surface area contributed by atoms with Crippen molar-refractivity contribution in [3.05, 3.63) is 65.7 Å². The highest BCUT2D eigenvalue weighted by atomic mass is 19.1. The van der Waals surface area contributed by atoms with E-state index in [0.717, 1.165) is 43.9 Å². The number of benzene rings is 2. The van der Waals surface area contributed by atoms with Crippen molar-refractivity contribution in [3.8, 4) is 0 Å². The molecule has 0 radical (unpaired) electrons. The van der Waals surface area contributed by atoms with E-state index in [2.05, 4.69) is 22.0 Å². The van der Waals surface area contributed by atoms with Gasteiger partial charge in [0.25, 0.3) is 0 Å². The molecule has 0 amide bonds. The summed E-state index contributed by atoms with van der Waals surface area (Å²) in [5.41, 5.74) is 4.54. The highest BCUT2D eigenvalue weighted by Gasteiger charge is 2.24. The van der Waals surface area contributed by atoms with E-state index in [1.807, 2.05) is 36.1 Å². The van der Waals surface area contributed by atoms with Crippen molar-refractivity contribution < 1.29 is 9.13 Å². The maximum absolute atomic E-state index is 13.5. The third kappa shape index (κ3) is 4.73. The Labute approximate surface area is 159 Å². The summed E-state index contributed by atoms with van der Waals surface area (Å²) < 4.78 is 20.9. The molecule has 0 bridgehead atoms. The number of halogens is 1. The number of aromatic nitrogens is 2. The van der Waals surface area contributed by atoms with Crippen molar-refractivity contribution in [3.63, 3.8) is 0 Å². The standard InChI is InChI=1S/C14H18FNO.C8H8N2/c15-14-8-11(7-13(9-14)12-1-2-12)10-16-3-5-17-6-4-16;1-10-6-9-7-4-2-3-5-8(7)10/h7-9,12H,1-6,10H2;2-6H,1H3. The quantitative estimate of drug-likeness (QED) is 0.698. The number of morpholine rings is 1. The first kappa shape index (κ1) is 18.1. The molecular formula is C22H26FN3O. The summed E-state index contributed by atoms with van der Waals surface area (Å²) in [4.78, 5) is 6.51. The lowest BCUT2D eigenvalue weighted by Gasteiger charge is -2.26. The molecule has 1 aliphatic heterocycles. The Morgan fingerprint density at radius 3 is 2.63 bits per heavy atom. The fraction of sp³-hybridized carbons (Fsp3) is 0.409. The molecule has 1 aromatic heterocycles. The van der Waals surface area contributed by atoms with Gasteiger partial charge in [0.1, 0.15) is 5.82 Å².